The molecule has 0 aromatic heterocycles. The molecule has 0 spiro atoms. The maximum atomic E-state index is 12.8. The second-order valence-electron chi connectivity index (χ2n) is 6.47. The summed E-state index contributed by atoms with van der Waals surface area (Å²) in [4.78, 5) is 0.0640. The van der Waals surface area contributed by atoms with Crippen LogP contribution in [0.4, 0.5) is 0 Å². The van der Waals surface area contributed by atoms with Gasteiger partial charge in [0.15, 0.2) is 0 Å². The SMILES string of the molecule is COc1ccc(-c2ccc(S(=O)(=O)N[C@@H](C(C)C)P(=O)(OC)OC)cc2)cc1. The van der Waals surface area contributed by atoms with Gasteiger partial charge in [-0.05, 0) is 41.3 Å². The molecule has 0 amide bonds. The van der Waals surface area contributed by atoms with Gasteiger partial charge in [-0.15, -0.1) is 0 Å². The molecule has 7 nitrogen and oxygen atoms in total. The number of rotatable bonds is 9. The molecule has 2 aromatic carbocycles. The molecule has 1 atom stereocenters. The lowest BCUT2D eigenvalue weighted by molar-refractivity contribution is 0.254. The zero-order valence-corrected chi connectivity index (χ0v) is 18.3. The first kappa shape index (κ1) is 22.6. The molecule has 0 aliphatic heterocycles. The van der Waals surface area contributed by atoms with E-state index in [0.717, 1.165) is 16.9 Å². The summed E-state index contributed by atoms with van der Waals surface area (Å²) in [7, 11) is -3.49. The largest absolute Gasteiger partial charge is 0.497 e. The van der Waals surface area contributed by atoms with Gasteiger partial charge in [0.25, 0.3) is 0 Å². The third-order valence-corrected chi connectivity index (χ3v) is 8.40. The minimum absolute atomic E-state index is 0.0640. The number of hydrogen-bond donors (Lipinski definition) is 1. The van der Waals surface area contributed by atoms with Gasteiger partial charge in [-0.2, -0.15) is 4.72 Å². The van der Waals surface area contributed by atoms with Crippen LogP contribution >= 0.6 is 7.60 Å². The monoisotopic (exact) mass is 427 g/mol. The van der Waals surface area contributed by atoms with E-state index in [4.69, 9.17) is 13.8 Å². The summed E-state index contributed by atoms with van der Waals surface area (Å²) >= 11 is 0. The Bertz CT molecular complexity index is 918. The predicted molar refractivity (Wildman–Crippen MR) is 109 cm³/mol. The molecular formula is C19H26NO6PS. The quantitative estimate of drug-likeness (QED) is 0.606. The molecule has 154 valence electrons. The average molecular weight is 427 g/mol. The lowest BCUT2D eigenvalue weighted by Gasteiger charge is -2.27. The van der Waals surface area contributed by atoms with Crippen LogP contribution in [-0.2, 0) is 23.6 Å². The van der Waals surface area contributed by atoms with Crippen LogP contribution in [0.15, 0.2) is 53.4 Å². The van der Waals surface area contributed by atoms with E-state index in [0.29, 0.717) is 0 Å². The van der Waals surface area contributed by atoms with Crippen molar-refractivity contribution in [3.63, 3.8) is 0 Å². The highest BCUT2D eigenvalue weighted by atomic mass is 32.2. The van der Waals surface area contributed by atoms with E-state index in [1.165, 1.54) is 26.4 Å². The molecule has 2 aromatic rings. The molecule has 0 radical (unpaired) electrons. The summed E-state index contributed by atoms with van der Waals surface area (Å²) in [5.74, 6) is -0.569. The number of ether oxygens (including phenoxy) is 1. The van der Waals surface area contributed by atoms with Crippen molar-refractivity contribution in [1.29, 1.82) is 0 Å². The van der Waals surface area contributed by atoms with Crippen LogP contribution in [0.3, 0.4) is 0 Å². The summed E-state index contributed by atoms with van der Waals surface area (Å²) in [5, 5.41) is 0. The van der Waals surface area contributed by atoms with Crippen molar-refractivity contribution in [3.8, 4) is 16.9 Å². The Hall–Kier alpha value is -1.70. The maximum absolute atomic E-state index is 12.8. The van der Waals surface area contributed by atoms with Crippen molar-refractivity contribution in [2.24, 2.45) is 5.92 Å². The van der Waals surface area contributed by atoms with E-state index in [-0.39, 0.29) is 10.8 Å². The van der Waals surface area contributed by atoms with Crippen LogP contribution in [0.25, 0.3) is 11.1 Å². The van der Waals surface area contributed by atoms with E-state index < -0.39 is 23.4 Å². The van der Waals surface area contributed by atoms with Gasteiger partial charge >= 0.3 is 7.60 Å². The fraction of sp³-hybridized carbons (Fsp3) is 0.368. The van der Waals surface area contributed by atoms with Crippen LogP contribution in [0, 0.1) is 5.92 Å². The summed E-state index contributed by atoms with van der Waals surface area (Å²) in [6.07, 6.45) is 0. The molecule has 0 fully saturated rings. The van der Waals surface area contributed by atoms with Crippen LogP contribution in [-0.4, -0.2) is 35.5 Å². The summed E-state index contributed by atoms with van der Waals surface area (Å²) in [6.45, 7) is 3.48. The topological polar surface area (TPSA) is 90.9 Å². The van der Waals surface area contributed by atoms with Crippen molar-refractivity contribution >= 4 is 17.6 Å². The van der Waals surface area contributed by atoms with Crippen LogP contribution in [0.2, 0.25) is 0 Å². The molecule has 2 rings (SSSR count). The first-order chi connectivity index (χ1) is 13.2. The Labute approximate surface area is 166 Å². The standard InChI is InChI=1S/C19H26NO6PS/c1-14(2)19(27(21,25-4)26-5)20-28(22,23)18-12-8-16(9-13-18)15-6-10-17(24-3)11-7-15/h6-14,19-20H,1-5H3/t19-/m1/s1. The van der Waals surface area contributed by atoms with Crippen molar-refractivity contribution in [1.82, 2.24) is 4.72 Å². The van der Waals surface area contributed by atoms with Crippen LogP contribution in [0.1, 0.15) is 13.8 Å². The van der Waals surface area contributed by atoms with Gasteiger partial charge in [-0.25, -0.2) is 8.42 Å². The van der Waals surface area contributed by atoms with E-state index in [1.807, 2.05) is 24.3 Å². The van der Waals surface area contributed by atoms with Crippen LogP contribution in [0.5, 0.6) is 5.75 Å². The minimum Gasteiger partial charge on any atom is -0.497 e. The molecule has 0 heterocycles. The fourth-order valence-electron chi connectivity index (χ4n) is 2.70. The zero-order valence-electron chi connectivity index (χ0n) is 16.6. The zero-order chi connectivity index (χ0) is 20.9. The van der Waals surface area contributed by atoms with Gasteiger partial charge in [-0.1, -0.05) is 38.1 Å². The van der Waals surface area contributed by atoms with E-state index in [2.05, 4.69) is 4.72 Å². The van der Waals surface area contributed by atoms with E-state index in [9.17, 15) is 13.0 Å². The van der Waals surface area contributed by atoms with Gasteiger partial charge in [-0.3, -0.25) is 4.57 Å². The number of sulfonamides is 1. The molecule has 0 saturated heterocycles. The smallest absolute Gasteiger partial charge is 0.348 e. The van der Waals surface area contributed by atoms with Crippen molar-refractivity contribution < 1.29 is 26.8 Å². The Morgan fingerprint density at radius 1 is 0.857 bits per heavy atom. The molecule has 0 bridgehead atoms. The first-order valence-corrected chi connectivity index (χ1v) is 11.7. The van der Waals surface area contributed by atoms with Crippen LogP contribution < -0.4 is 9.46 Å². The first-order valence-electron chi connectivity index (χ1n) is 8.65. The summed E-state index contributed by atoms with van der Waals surface area (Å²) in [5.41, 5.74) is 1.79. The fourth-order valence-corrected chi connectivity index (χ4v) is 6.19. The lowest BCUT2D eigenvalue weighted by Crippen LogP contribution is -2.39. The highest BCUT2D eigenvalue weighted by molar-refractivity contribution is 7.89. The number of benzene rings is 2. The normalized spacial score (nSPS) is 13.5. The highest BCUT2D eigenvalue weighted by Crippen LogP contribution is 2.53. The minimum atomic E-state index is -3.92. The van der Waals surface area contributed by atoms with E-state index >= 15 is 0 Å². The number of nitrogens with one attached hydrogen (secondary N) is 1. The predicted octanol–water partition coefficient (Wildman–Crippen LogP) is 4.11. The van der Waals surface area contributed by atoms with Gasteiger partial charge in [0.1, 0.15) is 11.5 Å². The maximum Gasteiger partial charge on any atom is 0.348 e. The molecule has 0 aliphatic rings. The Morgan fingerprint density at radius 2 is 1.32 bits per heavy atom. The highest BCUT2D eigenvalue weighted by Gasteiger charge is 2.39. The number of hydrogen-bond acceptors (Lipinski definition) is 6. The Balaban J connectivity index is 2.28. The third kappa shape index (κ3) is 5.01. The van der Waals surface area contributed by atoms with Gasteiger partial charge in [0.05, 0.1) is 12.0 Å². The molecular weight excluding hydrogens is 401 g/mol. The van der Waals surface area contributed by atoms with Gasteiger partial charge in [0.2, 0.25) is 10.0 Å². The van der Waals surface area contributed by atoms with Crippen molar-refractivity contribution in [2.75, 3.05) is 21.3 Å². The third-order valence-electron chi connectivity index (χ3n) is 4.34. The number of methoxy groups -OCH3 is 1. The molecule has 0 unspecified atom stereocenters. The van der Waals surface area contributed by atoms with E-state index in [1.54, 1.807) is 33.1 Å². The van der Waals surface area contributed by atoms with Gasteiger partial charge in [0, 0.05) is 14.2 Å². The molecule has 0 saturated carbocycles. The summed E-state index contributed by atoms with van der Waals surface area (Å²) in [6, 6.07) is 13.9. The Morgan fingerprint density at radius 3 is 1.71 bits per heavy atom. The van der Waals surface area contributed by atoms with Crippen molar-refractivity contribution in [2.45, 2.75) is 24.5 Å². The molecule has 9 heteroatoms. The second kappa shape index (κ2) is 9.20. The molecule has 1 N–H and O–H groups in total. The van der Waals surface area contributed by atoms with Gasteiger partial charge < -0.3 is 13.8 Å². The van der Waals surface area contributed by atoms with Crippen molar-refractivity contribution in [3.05, 3.63) is 48.5 Å². The second-order valence-corrected chi connectivity index (χ2v) is 10.5. The molecule has 28 heavy (non-hydrogen) atoms. The molecule has 0 aliphatic carbocycles. The Kier molecular flexibility index (Phi) is 7.42. The summed E-state index contributed by atoms with van der Waals surface area (Å²) < 4.78 is 55.9. The lowest BCUT2D eigenvalue weighted by atomic mass is 10.1. The average Bonchev–Trinajstić information content (AvgIpc) is 2.71.